The molecule has 9 N–H and O–H groups in total. The Kier molecular flexibility index (Phi) is 11.8. The van der Waals surface area contributed by atoms with Crippen molar-refractivity contribution in [1.82, 2.24) is 25.9 Å². The van der Waals surface area contributed by atoms with Gasteiger partial charge in [0.15, 0.2) is 6.04 Å². The van der Waals surface area contributed by atoms with Crippen molar-refractivity contribution in [2.75, 3.05) is 0 Å². The Labute approximate surface area is 202 Å². The zero-order valence-corrected chi connectivity index (χ0v) is 19.9. The second-order valence-corrected chi connectivity index (χ2v) is 8.32. The summed E-state index contributed by atoms with van der Waals surface area (Å²) in [5, 5.41) is 34.9. The van der Waals surface area contributed by atoms with Crippen LogP contribution in [0.3, 0.4) is 0 Å². The summed E-state index contributed by atoms with van der Waals surface area (Å²) in [6.07, 6.45) is 1.36. The zero-order valence-electron chi connectivity index (χ0n) is 19.9. The van der Waals surface area contributed by atoms with Crippen LogP contribution in [0.25, 0.3) is 0 Å². The minimum absolute atomic E-state index is 0.0382. The van der Waals surface area contributed by atoms with Crippen LogP contribution in [0.2, 0.25) is 0 Å². The molecule has 0 aliphatic carbocycles. The first-order valence-corrected chi connectivity index (χ1v) is 11.1. The van der Waals surface area contributed by atoms with Crippen molar-refractivity contribution < 1.29 is 39.3 Å². The van der Waals surface area contributed by atoms with Crippen LogP contribution in [0.1, 0.15) is 45.7 Å². The van der Waals surface area contributed by atoms with E-state index in [1.54, 1.807) is 13.8 Å². The Morgan fingerprint density at radius 3 is 2.14 bits per heavy atom. The van der Waals surface area contributed by atoms with Gasteiger partial charge in [-0.3, -0.25) is 19.2 Å². The van der Waals surface area contributed by atoms with Crippen molar-refractivity contribution >= 4 is 29.7 Å². The second kappa shape index (κ2) is 14.0. The van der Waals surface area contributed by atoms with E-state index in [9.17, 15) is 34.2 Å². The molecular weight excluding hydrogens is 464 g/mol. The smallest absolute Gasteiger partial charge is 0.328 e. The molecule has 0 saturated carbocycles. The van der Waals surface area contributed by atoms with Crippen molar-refractivity contribution in [3.8, 4) is 0 Å². The number of amides is 3. The number of aromatic amines is 1. The van der Waals surface area contributed by atoms with Crippen molar-refractivity contribution in [3.05, 3.63) is 18.2 Å². The van der Waals surface area contributed by atoms with E-state index < -0.39 is 65.8 Å². The topological polar surface area (TPSA) is 237 Å². The second-order valence-electron chi connectivity index (χ2n) is 8.32. The number of nitrogens with zero attached hydrogens (tertiary/aromatic N) is 1. The van der Waals surface area contributed by atoms with Gasteiger partial charge in [-0.1, -0.05) is 20.3 Å². The van der Waals surface area contributed by atoms with E-state index in [-0.39, 0.29) is 19.3 Å². The van der Waals surface area contributed by atoms with Gasteiger partial charge in [0.2, 0.25) is 17.7 Å². The van der Waals surface area contributed by atoms with Crippen molar-refractivity contribution in [2.45, 2.75) is 76.7 Å². The molecule has 1 aromatic heterocycles. The van der Waals surface area contributed by atoms with E-state index in [1.807, 2.05) is 0 Å². The first-order valence-electron chi connectivity index (χ1n) is 11.1. The summed E-state index contributed by atoms with van der Waals surface area (Å²) < 4.78 is 0. The molecule has 6 unspecified atom stereocenters. The van der Waals surface area contributed by atoms with E-state index in [1.165, 1.54) is 19.4 Å². The quantitative estimate of drug-likeness (QED) is 0.134. The van der Waals surface area contributed by atoms with Crippen LogP contribution in [-0.2, 0) is 30.4 Å². The third-order valence-corrected chi connectivity index (χ3v) is 5.46. The molecule has 0 spiro atoms. The number of aromatic nitrogens is 2. The number of carbonyl (C=O) groups excluding carboxylic acids is 3. The van der Waals surface area contributed by atoms with Gasteiger partial charge in [-0.15, -0.1) is 0 Å². The van der Waals surface area contributed by atoms with Crippen LogP contribution in [-0.4, -0.2) is 85.2 Å². The van der Waals surface area contributed by atoms with Gasteiger partial charge < -0.3 is 42.0 Å². The number of aliphatic hydroxyl groups excluding tert-OH is 1. The van der Waals surface area contributed by atoms with Crippen molar-refractivity contribution in [2.24, 2.45) is 11.7 Å². The number of imidazole rings is 1. The zero-order chi connectivity index (χ0) is 26.7. The van der Waals surface area contributed by atoms with E-state index >= 15 is 0 Å². The Bertz CT molecular complexity index is 875. The van der Waals surface area contributed by atoms with Crippen LogP contribution in [0.15, 0.2) is 12.5 Å². The number of carboxylic acid groups (broad SMARTS) is 2. The van der Waals surface area contributed by atoms with Crippen LogP contribution >= 0.6 is 0 Å². The van der Waals surface area contributed by atoms with Gasteiger partial charge in [0.25, 0.3) is 0 Å². The molecule has 14 heteroatoms. The Morgan fingerprint density at radius 1 is 1.03 bits per heavy atom. The largest absolute Gasteiger partial charge is 0.481 e. The molecule has 14 nitrogen and oxygen atoms in total. The number of hydrogen-bond donors (Lipinski definition) is 8. The molecule has 0 aromatic carbocycles. The lowest BCUT2D eigenvalue weighted by Gasteiger charge is -2.28. The van der Waals surface area contributed by atoms with Crippen LogP contribution in [0.4, 0.5) is 0 Å². The molecule has 1 aromatic rings. The Hall–Kier alpha value is -3.52. The number of carbonyl (C=O) groups is 5. The minimum atomic E-state index is -1.58. The first kappa shape index (κ1) is 29.5. The van der Waals surface area contributed by atoms with E-state index in [2.05, 4.69) is 25.9 Å². The van der Waals surface area contributed by atoms with Gasteiger partial charge >= 0.3 is 11.9 Å². The molecule has 1 rings (SSSR count). The number of nitrogens with one attached hydrogen (secondary N) is 4. The summed E-state index contributed by atoms with van der Waals surface area (Å²) in [4.78, 5) is 67.3. The lowest BCUT2D eigenvalue weighted by Crippen LogP contribution is -2.60. The normalized spacial score (nSPS) is 16.1. The minimum Gasteiger partial charge on any atom is -0.481 e. The third-order valence-electron chi connectivity index (χ3n) is 5.46. The van der Waals surface area contributed by atoms with E-state index in [0.29, 0.717) is 12.1 Å². The Balaban J connectivity index is 3.06. The maximum atomic E-state index is 13.1. The maximum absolute atomic E-state index is 13.1. The summed E-state index contributed by atoms with van der Waals surface area (Å²) in [5.41, 5.74) is 6.24. The fourth-order valence-electron chi connectivity index (χ4n) is 3.10. The highest BCUT2D eigenvalue weighted by atomic mass is 16.4. The fraction of sp³-hybridized carbons (Fsp3) is 0.619. The molecule has 0 aliphatic heterocycles. The van der Waals surface area contributed by atoms with Crippen molar-refractivity contribution in [1.29, 1.82) is 0 Å². The molecule has 196 valence electrons. The molecule has 0 bridgehead atoms. The predicted molar refractivity (Wildman–Crippen MR) is 122 cm³/mol. The summed E-state index contributed by atoms with van der Waals surface area (Å²) in [7, 11) is 0. The summed E-state index contributed by atoms with van der Waals surface area (Å²) in [5.74, 6) is -5.31. The van der Waals surface area contributed by atoms with Gasteiger partial charge in [-0.2, -0.15) is 0 Å². The predicted octanol–water partition coefficient (Wildman–Crippen LogP) is -1.89. The molecule has 0 saturated heterocycles. The molecule has 0 fully saturated rings. The van der Waals surface area contributed by atoms with Crippen molar-refractivity contribution in [3.63, 3.8) is 0 Å². The number of nitrogens with two attached hydrogens (primary N) is 1. The van der Waals surface area contributed by atoms with Crippen LogP contribution in [0, 0.1) is 5.92 Å². The van der Waals surface area contributed by atoms with Gasteiger partial charge in [0.05, 0.1) is 18.5 Å². The standard InChI is InChI=1S/C21H34N6O8/c1-4-10(2)16(20(33)27-17(11(3)28)21(34)35)26-19(32)14(7-12-8-23-9-24-12)25-18(31)13(22)5-6-15(29)30/h8-11,13-14,16-17,28H,4-7,22H2,1-3H3,(H,23,24)(H,25,31)(H,26,32)(H,27,33)(H,29,30)(H,34,35). The van der Waals surface area contributed by atoms with Gasteiger partial charge in [-0.25, -0.2) is 9.78 Å². The van der Waals surface area contributed by atoms with E-state index in [0.717, 1.165) is 0 Å². The number of aliphatic hydroxyl groups is 1. The highest BCUT2D eigenvalue weighted by molar-refractivity contribution is 5.94. The monoisotopic (exact) mass is 498 g/mol. The summed E-state index contributed by atoms with van der Waals surface area (Å²) >= 11 is 0. The number of carboxylic acids is 2. The highest BCUT2D eigenvalue weighted by Gasteiger charge is 2.34. The molecule has 6 atom stereocenters. The van der Waals surface area contributed by atoms with Crippen LogP contribution in [0.5, 0.6) is 0 Å². The lowest BCUT2D eigenvalue weighted by atomic mass is 9.96. The van der Waals surface area contributed by atoms with Gasteiger partial charge in [-0.05, 0) is 19.3 Å². The molecule has 3 amide bonds. The number of rotatable bonds is 15. The third kappa shape index (κ3) is 9.70. The molecule has 1 heterocycles. The number of H-pyrrole nitrogens is 1. The summed E-state index contributed by atoms with van der Waals surface area (Å²) in [6, 6.07) is -5.14. The molecule has 0 aliphatic rings. The fourth-order valence-corrected chi connectivity index (χ4v) is 3.10. The maximum Gasteiger partial charge on any atom is 0.328 e. The first-order chi connectivity index (χ1) is 16.4. The summed E-state index contributed by atoms with van der Waals surface area (Å²) in [6.45, 7) is 4.65. The van der Waals surface area contributed by atoms with E-state index in [4.69, 9.17) is 10.8 Å². The van der Waals surface area contributed by atoms with Crippen LogP contribution < -0.4 is 21.7 Å². The highest BCUT2D eigenvalue weighted by Crippen LogP contribution is 2.11. The average molecular weight is 499 g/mol. The molecule has 0 radical (unpaired) electrons. The Morgan fingerprint density at radius 2 is 1.66 bits per heavy atom. The van der Waals surface area contributed by atoms with Gasteiger partial charge in [0.1, 0.15) is 12.1 Å². The number of aliphatic carboxylic acids is 2. The lowest BCUT2D eigenvalue weighted by molar-refractivity contribution is -0.145. The average Bonchev–Trinajstić information content (AvgIpc) is 3.30. The molecular formula is C21H34N6O8. The number of hydrogen-bond acceptors (Lipinski definition) is 8. The van der Waals surface area contributed by atoms with Gasteiger partial charge in [0, 0.05) is 24.7 Å². The SMILES string of the molecule is CCC(C)C(NC(=O)C(Cc1cnc[nH]1)NC(=O)C(N)CCC(=O)O)C(=O)NC(C(=O)O)C(C)O. The molecule has 35 heavy (non-hydrogen) atoms.